The van der Waals surface area contributed by atoms with Crippen molar-refractivity contribution in [3.8, 4) is 0 Å². The van der Waals surface area contributed by atoms with Gasteiger partial charge in [-0.2, -0.15) is 5.10 Å². The second kappa shape index (κ2) is 7.41. The van der Waals surface area contributed by atoms with E-state index in [4.69, 9.17) is 0 Å². The quantitative estimate of drug-likeness (QED) is 0.906. The van der Waals surface area contributed by atoms with Crippen LogP contribution in [0.4, 0.5) is 0 Å². The van der Waals surface area contributed by atoms with Gasteiger partial charge in [0.05, 0.1) is 11.4 Å². The standard InChI is InChI=1S/C17H32N4/c1-6-21-17(10-14(4)19-21)12-20-11-16(9-13(2)3)18-8-7-15(20)5/h10,13,15-16,18H,6-9,11-12H2,1-5H3. The van der Waals surface area contributed by atoms with Crippen LogP contribution >= 0.6 is 0 Å². The Morgan fingerprint density at radius 3 is 2.86 bits per heavy atom. The largest absolute Gasteiger partial charge is 0.313 e. The van der Waals surface area contributed by atoms with E-state index in [-0.39, 0.29) is 0 Å². The zero-order valence-electron chi connectivity index (χ0n) is 14.4. The van der Waals surface area contributed by atoms with E-state index in [1.807, 2.05) is 0 Å². The predicted octanol–water partition coefficient (Wildman–Crippen LogP) is 2.81. The van der Waals surface area contributed by atoms with E-state index < -0.39 is 0 Å². The summed E-state index contributed by atoms with van der Waals surface area (Å²) in [5.74, 6) is 0.751. The van der Waals surface area contributed by atoms with Crippen molar-refractivity contribution >= 4 is 0 Å². The summed E-state index contributed by atoms with van der Waals surface area (Å²) in [5.41, 5.74) is 2.48. The van der Waals surface area contributed by atoms with Crippen LogP contribution in [0.15, 0.2) is 6.07 Å². The van der Waals surface area contributed by atoms with Crippen LogP contribution in [0.3, 0.4) is 0 Å². The molecule has 2 unspecified atom stereocenters. The summed E-state index contributed by atoms with van der Waals surface area (Å²) in [7, 11) is 0. The lowest BCUT2D eigenvalue weighted by Crippen LogP contribution is -2.40. The predicted molar refractivity (Wildman–Crippen MR) is 88.4 cm³/mol. The molecule has 0 aliphatic carbocycles. The number of aromatic nitrogens is 2. The van der Waals surface area contributed by atoms with E-state index in [0.29, 0.717) is 12.1 Å². The summed E-state index contributed by atoms with van der Waals surface area (Å²) < 4.78 is 2.15. The van der Waals surface area contributed by atoms with Crippen molar-refractivity contribution in [1.82, 2.24) is 20.0 Å². The Kier molecular flexibility index (Phi) is 5.82. The van der Waals surface area contributed by atoms with Crippen molar-refractivity contribution in [2.45, 2.75) is 72.6 Å². The number of aryl methyl sites for hydroxylation is 2. The van der Waals surface area contributed by atoms with Gasteiger partial charge in [-0.15, -0.1) is 0 Å². The highest BCUT2D eigenvalue weighted by Gasteiger charge is 2.24. The Hall–Kier alpha value is -0.870. The minimum atomic E-state index is 0.619. The Morgan fingerprint density at radius 2 is 2.19 bits per heavy atom. The van der Waals surface area contributed by atoms with E-state index in [1.54, 1.807) is 0 Å². The molecular formula is C17H32N4. The molecule has 0 amide bonds. The highest BCUT2D eigenvalue weighted by molar-refractivity contribution is 5.09. The summed E-state index contributed by atoms with van der Waals surface area (Å²) >= 11 is 0. The van der Waals surface area contributed by atoms with Crippen molar-refractivity contribution < 1.29 is 0 Å². The molecule has 21 heavy (non-hydrogen) atoms. The molecule has 2 rings (SSSR count). The fourth-order valence-corrected chi connectivity index (χ4v) is 3.36. The SMILES string of the molecule is CCn1nc(C)cc1CN1CC(CC(C)C)NCCC1C. The third-order valence-corrected chi connectivity index (χ3v) is 4.48. The van der Waals surface area contributed by atoms with E-state index in [2.05, 4.69) is 60.7 Å². The highest BCUT2D eigenvalue weighted by Crippen LogP contribution is 2.17. The first-order valence-electron chi connectivity index (χ1n) is 8.50. The number of rotatable bonds is 5. The molecule has 4 heteroatoms. The molecule has 0 spiro atoms. The first-order chi connectivity index (χ1) is 9.99. The van der Waals surface area contributed by atoms with E-state index in [0.717, 1.165) is 37.8 Å². The van der Waals surface area contributed by atoms with Gasteiger partial charge in [0, 0.05) is 31.7 Å². The molecule has 120 valence electrons. The van der Waals surface area contributed by atoms with Crippen LogP contribution in [0.5, 0.6) is 0 Å². The zero-order chi connectivity index (χ0) is 15.4. The molecule has 1 fully saturated rings. The number of hydrogen-bond donors (Lipinski definition) is 1. The fourth-order valence-electron chi connectivity index (χ4n) is 3.36. The monoisotopic (exact) mass is 292 g/mol. The third-order valence-electron chi connectivity index (χ3n) is 4.48. The second-order valence-electron chi connectivity index (χ2n) is 6.94. The van der Waals surface area contributed by atoms with Gasteiger partial charge in [-0.1, -0.05) is 13.8 Å². The lowest BCUT2D eigenvalue weighted by atomic mass is 10.0. The maximum atomic E-state index is 4.58. The molecule has 2 atom stereocenters. The third kappa shape index (κ3) is 4.55. The maximum Gasteiger partial charge on any atom is 0.0597 e. The minimum absolute atomic E-state index is 0.619. The van der Waals surface area contributed by atoms with Gasteiger partial charge in [0.2, 0.25) is 0 Å². The maximum absolute atomic E-state index is 4.58. The van der Waals surface area contributed by atoms with Crippen molar-refractivity contribution in [3.05, 3.63) is 17.5 Å². The van der Waals surface area contributed by atoms with Crippen molar-refractivity contribution in [3.63, 3.8) is 0 Å². The fraction of sp³-hybridized carbons (Fsp3) is 0.824. The molecule has 4 nitrogen and oxygen atoms in total. The Bertz CT molecular complexity index is 438. The second-order valence-corrected chi connectivity index (χ2v) is 6.94. The molecular weight excluding hydrogens is 260 g/mol. The van der Waals surface area contributed by atoms with Crippen LogP contribution in [0.1, 0.15) is 51.9 Å². The smallest absolute Gasteiger partial charge is 0.0597 e. The van der Waals surface area contributed by atoms with Gasteiger partial charge in [0.25, 0.3) is 0 Å². The molecule has 2 heterocycles. The summed E-state index contributed by atoms with van der Waals surface area (Å²) in [4.78, 5) is 2.63. The molecule has 1 aliphatic heterocycles. The number of nitrogens with one attached hydrogen (secondary N) is 1. The van der Waals surface area contributed by atoms with Gasteiger partial charge >= 0.3 is 0 Å². The Morgan fingerprint density at radius 1 is 1.43 bits per heavy atom. The van der Waals surface area contributed by atoms with E-state index >= 15 is 0 Å². The first-order valence-corrected chi connectivity index (χ1v) is 8.50. The van der Waals surface area contributed by atoms with Crippen LogP contribution < -0.4 is 5.32 Å². The molecule has 0 saturated carbocycles. The molecule has 1 aromatic heterocycles. The summed E-state index contributed by atoms with van der Waals surface area (Å²) in [5, 5.41) is 8.31. The van der Waals surface area contributed by atoms with Crippen molar-refractivity contribution in [1.29, 1.82) is 0 Å². The highest BCUT2D eigenvalue weighted by atomic mass is 15.3. The van der Waals surface area contributed by atoms with E-state index in [1.165, 1.54) is 18.5 Å². The molecule has 0 bridgehead atoms. The molecule has 0 radical (unpaired) electrons. The Balaban J connectivity index is 2.07. The van der Waals surface area contributed by atoms with Gasteiger partial charge in [0.1, 0.15) is 0 Å². The average Bonchev–Trinajstić information content (AvgIpc) is 2.67. The van der Waals surface area contributed by atoms with Crippen LogP contribution in [0.25, 0.3) is 0 Å². The molecule has 1 aromatic rings. The first kappa shape index (κ1) is 16.5. The average molecular weight is 292 g/mol. The zero-order valence-corrected chi connectivity index (χ0v) is 14.4. The van der Waals surface area contributed by atoms with E-state index in [9.17, 15) is 0 Å². The van der Waals surface area contributed by atoms with Crippen LogP contribution in [-0.2, 0) is 13.1 Å². The molecule has 0 aromatic carbocycles. The lowest BCUT2D eigenvalue weighted by molar-refractivity contribution is 0.184. The van der Waals surface area contributed by atoms with Gasteiger partial charge in [-0.3, -0.25) is 9.58 Å². The number of nitrogens with zero attached hydrogens (tertiary/aromatic N) is 3. The van der Waals surface area contributed by atoms with Gasteiger partial charge in [0.15, 0.2) is 0 Å². The lowest BCUT2D eigenvalue weighted by Gasteiger charge is -2.29. The van der Waals surface area contributed by atoms with Crippen molar-refractivity contribution in [2.75, 3.05) is 13.1 Å². The van der Waals surface area contributed by atoms with Crippen LogP contribution in [-0.4, -0.2) is 39.9 Å². The summed E-state index contributed by atoms with van der Waals surface area (Å²) in [6, 6.07) is 3.50. The van der Waals surface area contributed by atoms with Crippen LogP contribution in [0, 0.1) is 12.8 Å². The normalized spacial score (nSPS) is 24.5. The van der Waals surface area contributed by atoms with Gasteiger partial charge in [-0.25, -0.2) is 0 Å². The Labute approximate surface area is 129 Å². The summed E-state index contributed by atoms with van der Waals surface area (Å²) in [6.45, 7) is 15.5. The minimum Gasteiger partial charge on any atom is -0.313 e. The topological polar surface area (TPSA) is 33.1 Å². The van der Waals surface area contributed by atoms with Crippen LogP contribution in [0.2, 0.25) is 0 Å². The number of hydrogen-bond acceptors (Lipinski definition) is 3. The molecule has 1 aliphatic rings. The molecule has 1 N–H and O–H groups in total. The molecule has 1 saturated heterocycles. The van der Waals surface area contributed by atoms with Gasteiger partial charge < -0.3 is 5.32 Å². The van der Waals surface area contributed by atoms with Gasteiger partial charge in [-0.05, 0) is 52.1 Å². The summed E-state index contributed by atoms with van der Waals surface area (Å²) in [6.07, 6.45) is 2.49. The van der Waals surface area contributed by atoms with Crippen molar-refractivity contribution in [2.24, 2.45) is 5.92 Å².